The van der Waals surface area contributed by atoms with Crippen molar-refractivity contribution in [2.24, 2.45) is 13.0 Å². The van der Waals surface area contributed by atoms with Crippen LogP contribution in [0, 0.1) is 12.8 Å². The SMILES string of the molecule is Cc1nn(C)c(Cl)c1CN(CC1CCN(C2CCCC2)CC1)C[C@@H]1CCCO1. The highest BCUT2D eigenvalue weighted by Gasteiger charge is 2.29. The molecule has 1 aromatic rings. The molecular formula is C22H37ClN4O. The lowest BCUT2D eigenvalue weighted by molar-refractivity contribution is 0.0539. The van der Waals surface area contributed by atoms with Crippen LogP contribution in [0.15, 0.2) is 0 Å². The molecule has 2 aliphatic heterocycles. The fourth-order valence-electron chi connectivity index (χ4n) is 5.49. The Morgan fingerprint density at radius 2 is 1.82 bits per heavy atom. The summed E-state index contributed by atoms with van der Waals surface area (Å²) in [5, 5.41) is 5.30. The summed E-state index contributed by atoms with van der Waals surface area (Å²) in [5.41, 5.74) is 2.24. The molecule has 3 fully saturated rings. The molecule has 1 atom stereocenters. The van der Waals surface area contributed by atoms with Crippen LogP contribution in [0.2, 0.25) is 5.15 Å². The van der Waals surface area contributed by atoms with Crippen LogP contribution in [0.4, 0.5) is 0 Å². The number of hydrogen-bond acceptors (Lipinski definition) is 4. The first kappa shape index (κ1) is 20.6. The fourth-order valence-corrected chi connectivity index (χ4v) is 5.73. The molecule has 2 saturated heterocycles. The summed E-state index contributed by atoms with van der Waals surface area (Å²) in [6, 6.07) is 0.876. The highest BCUT2D eigenvalue weighted by molar-refractivity contribution is 6.30. The zero-order chi connectivity index (χ0) is 19.5. The highest BCUT2D eigenvalue weighted by Crippen LogP contribution is 2.29. The number of halogens is 1. The van der Waals surface area contributed by atoms with Crippen molar-refractivity contribution in [1.29, 1.82) is 0 Å². The average Bonchev–Trinajstić information content (AvgIpc) is 3.43. The summed E-state index contributed by atoms with van der Waals surface area (Å²) < 4.78 is 7.76. The zero-order valence-electron chi connectivity index (χ0n) is 17.7. The second-order valence-corrected chi connectivity index (χ2v) is 9.58. The number of aryl methyl sites for hydroxylation is 2. The predicted octanol–water partition coefficient (Wildman–Crippen LogP) is 4.02. The van der Waals surface area contributed by atoms with E-state index in [4.69, 9.17) is 16.3 Å². The van der Waals surface area contributed by atoms with E-state index in [1.165, 1.54) is 70.0 Å². The molecule has 6 heteroatoms. The number of aromatic nitrogens is 2. The van der Waals surface area contributed by atoms with Gasteiger partial charge in [0.05, 0.1) is 11.8 Å². The van der Waals surface area contributed by atoms with Gasteiger partial charge in [-0.15, -0.1) is 0 Å². The largest absolute Gasteiger partial charge is 0.377 e. The van der Waals surface area contributed by atoms with Crippen molar-refractivity contribution in [3.63, 3.8) is 0 Å². The Labute approximate surface area is 175 Å². The molecule has 0 radical (unpaired) electrons. The molecule has 3 aliphatic rings. The molecule has 0 N–H and O–H groups in total. The molecule has 0 bridgehead atoms. The highest BCUT2D eigenvalue weighted by atomic mass is 35.5. The lowest BCUT2D eigenvalue weighted by Crippen LogP contribution is -2.43. The first-order chi connectivity index (χ1) is 13.6. The predicted molar refractivity (Wildman–Crippen MR) is 114 cm³/mol. The van der Waals surface area contributed by atoms with Gasteiger partial charge in [-0.2, -0.15) is 5.10 Å². The van der Waals surface area contributed by atoms with Crippen LogP contribution in [0.5, 0.6) is 0 Å². The standard InChI is InChI=1S/C22H37ClN4O/c1-17-21(22(23)25(2)24-17)16-26(15-20-8-5-13-28-20)14-18-9-11-27(12-10-18)19-6-3-4-7-19/h18-20H,3-16H2,1-2H3/t20-/m0/s1. The van der Waals surface area contributed by atoms with Crippen LogP contribution in [0.1, 0.15) is 62.6 Å². The van der Waals surface area contributed by atoms with E-state index in [1.807, 2.05) is 7.05 Å². The Balaban J connectivity index is 1.36. The number of ether oxygens (including phenoxy) is 1. The van der Waals surface area contributed by atoms with Crippen molar-refractivity contribution in [2.75, 3.05) is 32.8 Å². The minimum absolute atomic E-state index is 0.384. The third kappa shape index (κ3) is 4.92. The van der Waals surface area contributed by atoms with Crippen molar-refractivity contribution in [1.82, 2.24) is 19.6 Å². The molecule has 0 amide bonds. The second-order valence-electron chi connectivity index (χ2n) is 9.23. The van der Waals surface area contributed by atoms with Gasteiger partial charge in [-0.1, -0.05) is 24.4 Å². The minimum Gasteiger partial charge on any atom is -0.377 e. The Morgan fingerprint density at radius 1 is 1.07 bits per heavy atom. The normalized spacial score (nSPS) is 25.4. The topological polar surface area (TPSA) is 33.5 Å². The smallest absolute Gasteiger partial charge is 0.131 e. The molecule has 1 saturated carbocycles. The van der Waals surface area contributed by atoms with Gasteiger partial charge in [0, 0.05) is 44.9 Å². The second kappa shape index (κ2) is 9.46. The summed E-state index contributed by atoms with van der Waals surface area (Å²) in [6.45, 7) is 8.64. The van der Waals surface area contributed by atoms with Gasteiger partial charge in [0.1, 0.15) is 5.15 Å². The molecule has 0 aromatic carbocycles. The van der Waals surface area contributed by atoms with Gasteiger partial charge in [0.2, 0.25) is 0 Å². The number of piperidine rings is 1. The van der Waals surface area contributed by atoms with E-state index in [0.717, 1.165) is 49.0 Å². The molecule has 3 heterocycles. The van der Waals surface area contributed by atoms with Crippen molar-refractivity contribution < 1.29 is 4.74 Å². The lowest BCUT2D eigenvalue weighted by Gasteiger charge is -2.38. The van der Waals surface area contributed by atoms with E-state index in [0.29, 0.717) is 6.10 Å². The average molecular weight is 409 g/mol. The van der Waals surface area contributed by atoms with Crippen LogP contribution in [0.25, 0.3) is 0 Å². The molecular weight excluding hydrogens is 372 g/mol. The quantitative estimate of drug-likeness (QED) is 0.682. The van der Waals surface area contributed by atoms with E-state index in [1.54, 1.807) is 4.68 Å². The van der Waals surface area contributed by atoms with Gasteiger partial charge >= 0.3 is 0 Å². The van der Waals surface area contributed by atoms with Gasteiger partial charge in [0.25, 0.3) is 0 Å². The number of rotatable bonds is 7. The maximum absolute atomic E-state index is 6.55. The minimum atomic E-state index is 0.384. The number of likely N-dealkylation sites (tertiary alicyclic amines) is 1. The summed E-state index contributed by atoms with van der Waals surface area (Å²) in [4.78, 5) is 5.37. The van der Waals surface area contributed by atoms with Crippen LogP contribution in [-0.2, 0) is 18.3 Å². The van der Waals surface area contributed by atoms with Crippen molar-refractivity contribution >= 4 is 11.6 Å². The van der Waals surface area contributed by atoms with E-state index < -0.39 is 0 Å². The van der Waals surface area contributed by atoms with Crippen LogP contribution in [0.3, 0.4) is 0 Å². The molecule has 5 nitrogen and oxygen atoms in total. The van der Waals surface area contributed by atoms with Crippen LogP contribution >= 0.6 is 11.6 Å². The molecule has 158 valence electrons. The third-order valence-electron chi connectivity index (χ3n) is 7.14. The fraction of sp³-hybridized carbons (Fsp3) is 0.864. The van der Waals surface area contributed by atoms with Crippen LogP contribution < -0.4 is 0 Å². The van der Waals surface area contributed by atoms with E-state index >= 15 is 0 Å². The van der Waals surface area contributed by atoms with Gasteiger partial charge in [-0.3, -0.25) is 9.58 Å². The molecule has 0 unspecified atom stereocenters. The summed E-state index contributed by atoms with van der Waals surface area (Å²) in [7, 11) is 1.93. The van der Waals surface area contributed by atoms with Gasteiger partial charge in [0.15, 0.2) is 0 Å². The number of hydrogen-bond donors (Lipinski definition) is 0. The van der Waals surface area contributed by atoms with Gasteiger partial charge < -0.3 is 9.64 Å². The van der Waals surface area contributed by atoms with Crippen molar-refractivity contribution in [2.45, 2.75) is 77.0 Å². The Kier molecular flexibility index (Phi) is 6.98. The van der Waals surface area contributed by atoms with Gasteiger partial charge in [-0.05, 0) is 64.5 Å². The first-order valence-corrected chi connectivity index (χ1v) is 11.7. The summed E-state index contributed by atoms with van der Waals surface area (Å²) in [6.07, 6.45) is 11.2. The number of nitrogens with zero attached hydrogens (tertiary/aromatic N) is 4. The third-order valence-corrected chi connectivity index (χ3v) is 7.62. The van der Waals surface area contributed by atoms with E-state index in [-0.39, 0.29) is 0 Å². The molecule has 28 heavy (non-hydrogen) atoms. The van der Waals surface area contributed by atoms with Gasteiger partial charge in [-0.25, -0.2) is 0 Å². The maximum Gasteiger partial charge on any atom is 0.131 e. The zero-order valence-corrected chi connectivity index (χ0v) is 18.5. The lowest BCUT2D eigenvalue weighted by atomic mass is 9.94. The van der Waals surface area contributed by atoms with Crippen molar-refractivity contribution in [3.8, 4) is 0 Å². The van der Waals surface area contributed by atoms with Crippen LogP contribution in [-0.4, -0.2) is 64.5 Å². The molecule has 1 aliphatic carbocycles. The molecule has 4 rings (SSSR count). The monoisotopic (exact) mass is 408 g/mol. The Hall–Kier alpha value is -0.620. The molecule has 1 aromatic heterocycles. The summed E-state index contributed by atoms with van der Waals surface area (Å²) in [5.74, 6) is 0.787. The Morgan fingerprint density at radius 3 is 2.43 bits per heavy atom. The Bertz CT molecular complexity index is 629. The van der Waals surface area contributed by atoms with Crippen molar-refractivity contribution in [3.05, 3.63) is 16.4 Å². The maximum atomic E-state index is 6.55. The summed E-state index contributed by atoms with van der Waals surface area (Å²) >= 11 is 6.55. The molecule has 0 spiro atoms. The first-order valence-electron chi connectivity index (χ1n) is 11.4. The van der Waals surface area contributed by atoms with E-state index in [2.05, 4.69) is 21.8 Å². The van der Waals surface area contributed by atoms with E-state index in [9.17, 15) is 0 Å².